The first-order valence-corrected chi connectivity index (χ1v) is 3.68. The average molecular weight is 188 g/mol. The maximum Gasteiger partial charge on any atom is 0.201 e. The molecule has 0 saturated carbocycles. The Kier molecular flexibility index (Phi) is 1.47. The van der Waals surface area contributed by atoms with Crippen LogP contribution in [-0.4, -0.2) is 15.0 Å². The van der Waals surface area contributed by atoms with Crippen LogP contribution in [0.5, 0.6) is 0 Å². The maximum absolute atomic E-state index is 5.73. The number of nitrogens with zero attached hydrogens (tertiary/aromatic N) is 2. The number of pyridine rings is 1. The minimum absolute atomic E-state index is 0.329. The Morgan fingerprint density at radius 2 is 2.18 bits per heavy atom. The van der Waals surface area contributed by atoms with Crippen molar-refractivity contribution in [3.05, 3.63) is 22.7 Å². The van der Waals surface area contributed by atoms with E-state index in [1.54, 1.807) is 12.3 Å². The summed E-state index contributed by atoms with van der Waals surface area (Å²) in [5, 5.41) is 0.719. The number of imidazole rings is 1. The molecule has 0 amide bonds. The molecule has 56 valence electrons. The van der Waals surface area contributed by atoms with E-state index in [1.165, 1.54) is 0 Å². The van der Waals surface area contributed by atoms with Crippen LogP contribution in [-0.2, 0) is 0 Å². The molecule has 2 aromatic heterocycles. The van der Waals surface area contributed by atoms with E-state index in [0.29, 0.717) is 16.0 Å². The summed E-state index contributed by atoms with van der Waals surface area (Å²) in [6.07, 6.45) is 1.59. The van der Waals surface area contributed by atoms with Crippen LogP contribution >= 0.6 is 23.2 Å². The molecule has 2 aromatic rings. The van der Waals surface area contributed by atoms with Gasteiger partial charge in [0.2, 0.25) is 5.28 Å². The van der Waals surface area contributed by atoms with Gasteiger partial charge in [-0.2, -0.15) is 0 Å². The molecule has 0 aromatic carbocycles. The van der Waals surface area contributed by atoms with E-state index in [4.69, 9.17) is 23.2 Å². The van der Waals surface area contributed by atoms with Gasteiger partial charge in [-0.25, -0.2) is 9.97 Å². The van der Waals surface area contributed by atoms with Gasteiger partial charge in [0.05, 0.1) is 5.52 Å². The summed E-state index contributed by atoms with van der Waals surface area (Å²) >= 11 is 11.3. The molecule has 0 fully saturated rings. The molecule has 5 heteroatoms. The van der Waals surface area contributed by atoms with Crippen LogP contribution < -0.4 is 0 Å². The van der Waals surface area contributed by atoms with Crippen LogP contribution in [0.1, 0.15) is 0 Å². The summed E-state index contributed by atoms with van der Waals surface area (Å²) < 4.78 is 0. The highest BCUT2D eigenvalue weighted by Gasteiger charge is 2.03. The fourth-order valence-corrected chi connectivity index (χ4v) is 1.26. The van der Waals surface area contributed by atoms with Crippen molar-refractivity contribution < 1.29 is 0 Å². The molecule has 3 nitrogen and oxygen atoms in total. The van der Waals surface area contributed by atoms with Gasteiger partial charge in [0.15, 0.2) is 5.15 Å². The van der Waals surface area contributed by atoms with Gasteiger partial charge in [0.1, 0.15) is 5.52 Å². The molecule has 0 bridgehead atoms. The predicted octanol–water partition coefficient (Wildman–Crippen LogP) is 2.26. The smallest absolute Gasteiger partial charge is 0.201 e. The third-order valence-electron chi connectivity index (χ3n) is 1.33. The Hall–Kier alpha value is -0.800. The third kappa shape index (κ3) is 1.06. The van der Waals surface area contributed by atoms with E-state index in [1.807, 2.05) is 0 Å². The first-order valence-electron chi connectivity index (χ1n) is 2.93. The van der Waals surface area contributed by atoms with Crippen LogP contribution in [0.2, 0.25) is 10.4 Å². The highest BCUT2D eigenvalue weighted by molar-refractivity contribution is 6.34. The van der Waals surface area contributed by atoms with Crippen molar-refractivity contribution in [2.24, 2.45) is 0 Å². The maximum atomic E-state index is 5.73. The largest absolute Gasteiger partial charge is 0.326 e. The molecule has 0 radical (unpaired) electrons. The number of hydrogen-bond acceptors (Lipinski definition) is 2. The normalized spacial score (nSPS) is 10.7. The fraction of sp³-hybridized carbons (Fsp3) is 0. The van der Waals surface area contributed by atoms with Crippen LogP contribution in [0, 0.1) is 0 Å². The lowest BCUT2D eigenvalue weighted by Crippen LogP contribution is -1.75. The summed E-state index contributed by atoms with van der Waals surface area (Å²) in [5.74, 6) is 0. The summed E-state index contributed by atoms with van der Waals surface area (Å²) in [4.78, 5) is 10.6. The molecule has 2 heterocycles. The summed E-state index contributed by atoms with van der Waals surface area (Å²) in [6.45, 7) is 0. The summed E-state index contributed by atoms with van der Waals surface area (Å²) in [7, 11) is 0. The Morgan fingerprint density at radius 1 is 1.36 bits per heavy atom. The van der Waals surface area contributed by atoms with E-state index in [9.17, 15) is 0 Å². The molecule has 0 aliphatic rings. The molecule has 0 saturated heterocycles. The van der Waals surface area contributed by atoms with Crippen molar-refractivity contribution in [2.45, 2.75) is 0 Å². The fourth-order valence-electron chi connectivity index (χ4n) is 0.873. The summed E-state index contributed by atoms with van der Waals surface area (Å²) in [6, 6.07) is 1.74. The lowest BCUT2D eigenvalue weighted by Gasteiger charge is -1.87. The van der Waals surface area contributed by atoms with E-state index in [-0.39, 0.29) is 0 Å². The van der Waals surface area contributed by atoms with Crippen LogP contribution in [0.25, 0.3) is 11.0 Å². The monoisotopic (exact) mass is 187 g/mol. The minimum Gasteiger partial charge on any atom is -0.326 e. The van der Waals surface area contributed by atoms with E-state index >= 15 is 0 Å². The van der Waals surface area contributed by atoms with Crippen LogP contribution in [0.15, 0.2) is 12.3 Å². The zero-order valence-electron chi connectivity index (χ0n) is 5.31. The molecule has 11 heavy (non-hydrogen) atoms. The van der Waals surface area contributed by atoms with E-state index < -0.39 is 0 Å². The topological polar surface area (TPSA) is 41.6 Å². The van der Waals surface area contributed by atoms with Crippen molar-refractivity contribution in [1.82, 2.24) is 15.0 Å². The molecular weight excluding hydrogens is 185 g/mol. The first kappa shape index (κ1) is 6.88. The number of nitrogens with one attached hydrogen (secondary N) is 1. The molecule has 0 aliphatic carbocycles. The Balaban J connectivity index is 2.90. The second kappa shape index (κ2) is 2.36. The molecule has 2 rings (SSSR count). The molecule has 0 unspecified atom stereocenters. The van der Waals surface area contributed by atoms with Crippen LogP contribution in [0.3, 0.4) is 0 Å². The number of H-pyrrole nitrogens is 1. The van der Waals surface area contributed by atoms with Gasteiger partial charge in [-0.15, -0.1) is 0 Å². The van der Waals surface area contributed by atoms with Crippen LogP contribution in [0.4, 0.5) is 0 Å². The molecule has 0 atom stereocenters. The quantitative estimate of drug-likeness (QED) is 0.644. The van der Waals surface area contributed by atoms with Crippen molar-refractivity contribution in [2.75, 3.05) is 0 Å². The Labute approximate surface area is 72.4 Å². The predicted molar refractivity (Wildman–Crippen MR) is 43.9 cm³/mol. The zero-order chi connectivity index (χ0) is 7.84. The van der Waals surface area contributed by atoms with E-state index in [2.05, 4.69) is 15.0 Å². The highest BCUT2D eigenvalue weighted by Crippen LogP contribution is 2.19. The number of hydrogen-bond donors (Lipinski definition) is 1. The molecular formula is C6H3Cl2N3. The van der Waals surface area contributed by atoms with Crippen molar-refractivity contribution in [3.8, 4) is 0 Å². The van der Waals surface area contributed by atoms with E-state index in [0.717, 1.165) is 5.52 Å². The third-order valence-corrected chi connectivity index (χ3v) is 1.80. The second-order valence-electron chi connectivity index (χ2n) is 2.02. The SMILES string of the molecule is Clc1nc2ccnc(Cl)c2[nH]1. The van der Waals surface area contributed by atoms with Gasteiger partial charge in [0, 0.05) is 6.20 Å². The standard InChI is InChI=1S/C6H3Cl2N3/c7-5-4-3(1-2-9-5)10-6(8)11-4/h1-2H,(H,10,11). The number of aromatic nitrogens is 3. The van der Waals surface area contributed by atoms with Gasteiger partial charge < -0.3 is 4.98 Å². The molecule has 1 N–H and O–H groups in total. The van der Waals surface area contributed by atoms with Gasteiger partial charge in [0.25, 0.3) is 0 Å². The second-order valence-corrected chi connectivity index (χ2v) is 2.74. The van der Waals surface area contributed by atoms with Gasteiger partial charge in [-0.1, -0.05) is 11.6 Å². The number of rotatable bonds is 0. The Morgan fingerprint density at radius 3 is 2.91 bits per heavy atom. The van der Waals surface area contributed by atoms with Gasteiger partial charge in [-0.3, -0.25) is 0 Å². The zero-order valence-corrected chi connectivity index (χ0v) is 6.82. The number of fused-ring (bicyclic) bond motifs is 1. The first-order chi connectivity index (χ1) is 5.27. The highest BCUT2D eigenvalue weighted by atomic mass is 35.5. The summed E-state index contributed by atoms with van der Waals surface area (Å²) in [5.41, 5.74) is 1.41. The number of aromatic amines is 1. The van der Waals surface area contributed by atoms with Gasteiger partial charge in [-0.05, 0) is 17.7 Å². The van der Waals surface area contributed by atoms with Crippen molar-refractivity contribution >= 4 is 34.2 Å². The lowest BCUT2D eigenvalue weighted by molar-refractivity contribution is 1.33. The van der Waals surface area contributed by atoms with Crippen molar-refractivity contribution in [3.63, 3.8) is 0 Å². The Bertz CT molecular complexity index is 396. The molecule has 0 spiro atoms. The minimum atomic E-state index is 0.329. The number of halogens is 2. The van der Waals surface area contributed by atoms with Gasteiger partial charge >= 0.3 is 0 Å². The lowest BCUT2D eigenvalue weighted by atomic mass is 10.4. The average Bonchev–Trinajstić information content (AvgIpc) is 2.31. The van der Waals surface area contributed by atoms with Crippen molar-refractivity contribution in [1.29, 1.82) is 0 Å². The molecule has 0 aliphatic heterocycles.